The molecule has 1 aliphatic heterocycles. The van der Waals surface area contributed by atoms with Crippen LogP contribution in [0, 0.1) is 12.7 Å². The monoisotopic (exact) mass is 549 g/mol. The van der Waals surface area contributed by atoms with Crippen LogP contribution >= 0.6 is 0 Å². The second-order valence-electron chi connectivity index (χ2n) is 10.8. The number of nitrogens with zero attached hydrogens (tertiary/aromatic N) is 2. The predicted octanol–water partition coefficient (Wildman–Crippen LogP) is 5.53. The van der Waals surface area contributed by atoms with Crippen molar-refractivity contribution >= 4 is 39.3 Å². The third kappa shape index (κ3) is 5.19. The number of carbonyl (C=O) groups excluding carboxylic acids is 2. The summed E-state index contributed by atoms with van der Waals surface area (Å²) in [5, 5.41) is 4.87. The zero-order valence-electron chi connectivity index (χ0n) is 23.1. The molecule has 1 fully saturated rings. The number of aromatic nitrogens is 1. The molecule has 208 valence electrons. The number of likely N-dealkylation sites (N-methyl/N-ethyl adjacent to an activating group) is 1. The van der Waals surface area contributed by atoms with Crippen LogP contribution in [-0.4, -0.2) is 59.8 Å². The van der Waals surface area contributed by atoms with Crippen LogP contribution in [0.15, 0.2) is 72.8 Å². The maximum absolute atomic E-state index is 13.3. The number of nitrogens with one attached hydrogen (secondary N) is 2. The van der Waals surface area contributed by atoms with Crippen LogP contribution in [0.3, 0.4) is 0 Å². The van der Waals surface area contributed by atoms with Gasteiger partial charge in [0.1, 0.15) is 5.82 Å². The number of aromatic amines is 1. The molecule has 2 amide bonds. The Balaban J connectivity index is 1.41. The number of anilines is 1. The molecule has 41 heavy (non-hydrogen) atoms. The van der Waals surface area contributed by atoms with Crippen molar-refractivity contribution in [2.75, 3.05) is 38.5 Å². The fourth-order valence-corrected chi connectivity index (χ4v) is 5.71. The summed E-state index contributed by atoms with van der Waals surface area (Å²) in [5.74, 6) is -1.21. The number of primary amides is 1. The molecule has 5 aromatic rings. The first kappa shape index (κ1) is 26.7. The van der Waals surface area contributed by atoms with Crippen LogP contribution < -0.4 is 11.1 Å². The Hall–Kier alpha value is -4.53. The third-order valence-electron chi connectivity index (χ3n) is 8.06. The molecule has 1 aromatic heterocycles. The number of fused-ring (bicyclic) bond motifs is 3. The zero-order chi connectivity index (χ0) is 28.7. The number of H-pyrrole nitrogens is 1. The Kier molecular flexibility index (Phi) is 7.03. The second kappa shape index (κ2) is 10.8. The molecule has 7 nitrogen and oxygen atoms in total. The minimum Gasteiger partial charge on any atom is -0.366 e. The number of amides is 2. The molecule has 0 aliphatic carbocycles. The first-order valence-corrected chi connectivity index (χ1v) is 13.7. The molecule has 4 aromatic carbocycles. The van der Waals surface area contributed by atoms with Gasteiger partial charge in [0, 0.05) is 60.3 Å². The van der Waals surface area contributed by atoms with E-state index in [2.05, 4.69) is 45.3 Å². The number of halogens is 1. The number of piperazine rings is 1. The average Bonchev–Trinajstić information content (AvgIpc) is 3.34. The van der Waals surface area contributed by atoms with E-state index in [1.165, 1.54) is 29.8 Å². The van der Waals surface area contributed by atoms with Crippen LogP contribution in [-0.2, 0) is 6.54 Å². The fraction of sp³-hybridized carbons (Fsp3) is 0.212. The molecular formula is C33H32FN5O2. The Morgan fingerprint density at radius 2 is 1.71 bits per heavy atom. The minimum atomic E-state index is -0.497. The van der Waals surface area contributed by atoms with Crippen LogP contribution in [0.1, 0.15) is 31.8 Å². The van der Waals surface area contributed by atoms with Gasteiger partial charge in [-0.3, -0.25) is 14.5 Å². The lowest BCUT2D eigenvalue weighted by atomic mass is 9.93. The number of rotatable bonds is 6. The SMILES string of the molecule is Cc1c(NC(=O)c2ccc(F)cc2)cccc1-c1ccc(C(N)=O)c2[nH]c3cc(CN4CCN(C)CC4)ccc3c12. The lowest BCUT2D eigenvalue weighted by Crippen LogP contribution is -2.43. The summed E-state index contributed by atoms with van der Waals surface area (Å²) in [4.78, 5) is 33.6. The minimum absolute atomic E-state index is 0.320. The Labute approximate surface area is 237 Å². The second-order valence-corrected chi connectivity index (χ2v) is 10.8. The highest BCUT2D eigenvalue weighted by Gasteiger charge is 2.20. The summed E-state index contributed by atoms with van der Waals surface area (Å²) < 4.78 is 13.3. The number of hydrogen-bond acceptors (Lipinski definition) is 4. The van der Waals surface area contributed by atoms with Gasteiger partial charge in [0.15, 0.2) is 0 Å². The van der Waals surface area contributed by atoms with E-state index in [1.54, 1.807) is 6.07 Å². The van der Waals surface area contributed by atoms with E-state index in [-0.39, 0.29) is 5.91 Å². The first-order valence-electron chi connectivity index (χ1n) is 13.7. The highest BCUT2D eigenvalue weighted by atomic mass is 19.1. The van der Waals surface area contributed by atoms with Gasteiger partial charge in [-0.25, -0.2) is 4.39 Å². The molecule has 0 saturated carbocycles. The molecule has 1 aliphatic rings. The zero-order valence-corrected chi connectivity index (χ0v) is 23.1. The van der Waals surface area contributed by atoms with E-state index in [0.29, 0.717) is 22.3 Å². The van der Waals surface area contributed by atoms with E-state index >= 15 is 0 Å². The summed E-state index contributed by atoms with van der Waals surface area (Å²) in [7, 11) is 2.15. The van der Waals surface area contributed by atoms with Crippen LogP contribution in [0.25, 0.3) is 32.9 Å². The normalized spacial score (nSPS) is 14.5. The van der Waals surface area contributed by atoms with Crippen molar-refractivity contribution in [3.8, 4) is 11.1 Å². The summed E-state index contributed by atoms with van der Waals surface area (Å²) in [6.07, 6.45) is 0. The molecule has 1 saturated heterocycles. The van der Waals surface area contributed by atoms with E-state index in [9.17, 15) is 14.0 Å². The van der Waals surface area contributed by atoms with Gasteiger partial charge in [-0.05, 0) is 78.7 Å². The molecule has 0 spiro atoms. The Bertz CT molecular complexity index is 1790. The lowest BCUT2D eigenvalue weighted by molar-refractivity contribution is 0.0999. The van der Waals surface area contributed by atoms with Gasteiger partial charge in [-0.2, -0.15) is 0 Å². The highest BCUT2D eigenvalue weighted by molar-refractivity contribution is 6.20. The molecular weight excluding hydrogens is 517 g/mol. The average molecular weight is 550 g/mol. The Morgan fingerprint density at radius 3 is 2.44 bits per heavy atom. The first-order chi connectivity index (χ1) is 19.8. The summed E-state index contributed by atoms with van der Waals surface area (Å²) in [6, 6.07) is 21.3. The highest BCUT2D eigenvalue weighted by Crippen LogP contribution is 2.39. The quantitative estimate of drug-likeness (QED) is 0.259. The summed E-state index contributed by atoms with van der Waals surface area (Å²) >= 11 is 0. The summed E-state index contributed by atoms with van der Waals surface area (Å²) in [6.45, 7) is 7.00. The molecule has 2 heterocycles. The molecule has 6 rings (SSSR count). The fourth-order valence-electron chi connectivity index (χ4n) is 5.71. The smallest absolute Gasteiger partial charge is 0.255 e. The molecule has 4 N–H and O–H groups in total. The number of benzene rings is 4. The molecule has 0 radical (unpaired) electrons. The van der Waals surface area contributed by atoms with Crippen molar-refractivity contribution in [1.29, 1.82) is 0 Å². The van der Waals surface area contributed by atoms with Gasteiger partial charge >= 0.3 is 0 Å². The van der Waals surface area contributed by atoms with Crippen molar-refractivity contribution < 1.29 is 14.0 Å². The van der Waals surface area contributed by atoms with Crippen molar-refractivity contribution in [3.05, 3.63) is 101 Å². The van der Waals surface area contributed by atoms with Crippen LogP contribution in [0.5, 0.6) is 0 Å². The van der Waals surface area contributed by atoms with Gasteiger partial charge < -0.3 is 20.9 Å². The van der Waals surface area contributed by atoms with Gasteiger partial charge in [0.2, 0.25) is 0 Å². The number of hydrogen-bond donors (Lipinski definition) is 3. The van der Waals surface area contributed by atoms with Crippen molar-refractivity contribution in [3.63, 3.8) is 0 Å². The Morgan fingerprint density at radius 1 is 0.951 bits per heavy atom. The molecule has 0 bridgehead atoms. The largest absolute Gasteiger partial charge is 0.366 e. The standard InChI is InChI=1S/C33H32FN5O2/c1-20-24(4-3-5-28(20)37-33(41)22-7-9-23(34)10-8-22)25-12-13-27(32(35)40)31-30(25)26-11-6-21(18-29(26)36-31)19-39-16-14-38(2)15-17-39/h3-13,18,36H,14-17,19H2,1-2H3,(H2,35,40)(H,37,41). The van der Waals surface area contributed by atoms with Crippen molar-refractivity contribution in [2.45, 2.75) is 13.5 Å². The van der Waals surface area contributed by atoms with Crippen LogP contribution in [0.2, 0.25) is 0 Å². The number of carbonyl (C=O) groups is 2. The van der Waals surface area contributed by atoms with Crippen LogP contribution in [0.4, 0.5) is 10.1 Å². The molecule has 0 atom stereocenters. The summed E-state index contributed by atoms with van der Waals surface area (Å²) in [5.41, 5.74) is 12.8. The van der Waals surface area contributed by atoms with Gasteiger partial charge in [-0.15, -0.1) is 0 Å². The van der Waals surface area contributed by atoms with Gasteiger partial charge in [-0.1, -0.05) is 30.3 Å². The third-order valence-corrected chi connectivity index (χ3v) is 8.06. The molecule has 0 unspecified atom stereocenters. The van der Waals surface area contributed by atoms with E-state index in [4.69, 9.17) is 5.73 Å². The maximum atomic E-state index is 13.3. The van der Waals surface area contributed by atoms with E-state index < -0.39 is 11.7 Å². The number of nitrogens with two attached hydrogens (primary N) is 1. The van der Waals surface area contributed by atoms with Gasteiger partial charge in [0.25, 0.3) is 11.8 Å². The van der Waals surface area contributed by atoms with Crippen molar-refractivity contribution in [1.82, 2.24) is 14.8 Å². The van der Waals surface area contributed by atoms with E-state index in [0.717, 1.165) is 65.7 Å². The lowest BCUT2D eigenvalue weighted by Gasteiger charge is -2.32. The topological polar surface area (TPSA) is 94.5 Å². The van der Waals surface area contributed by atoms with E-state index in [1.807, 2.05) is 31.2 Å². The van der Waals surface area contributed by atoms with Crippen molar-refractivity contribution in [2.24, 2.45) is 5.73 Å². The maximum Gasteiger partial charge on any atom is 0.255 e. The predicted molar refractivity (Wildman–Crippen MR) is 162 cm³/mol. The molecule has 8 heteroatoms. The van der Waals surface area contributed by atoms with Gasteiger partial charge in [0.05, 0.1) is 11.1 Å².